The standard InChI is InChI=1S/C20H20O9.Na/c1-28-18-5-3-11(6-15(18)23)2-4-14(22)20-16(24)8-13(9-17(20)25)29-10-12(21)7-19(26)27;/h3,5-6,8-9,23-25H,2,4,7,10H2,1H3,(H,26,27);/q;+1/p-1. The molecule has 0 fully saturated rings. The van der Waals surface area contributed by atoms with E-state index in [1.54, 1.807) is 12.1 Å². The SMILES string of the molecule is COc1ccc(CCC(=O)c2c(O)cc(OCC(=O)CC(=O)[O-])cc2O)cc1O.[Na+]. The van der Waals surface area contributed by atoms with Crippen LogP contribution in [0.1, 0.15) is 28.8 Å². The van der Waals surface area contributed by atoms with Gasteiger partial charge in [0.15, 0.2) is 23.1 Å². The Morgan fingerprint density at radius 2 is 1.63 bits per heavy atom. The van der Waals surface area contributed by atoms with E-state index in [1.165, 1.54) is 13.2 Å². The minimum Gasteiger partial charge on any atom is -0.550 e. The molecule has 154 valence electrons. The Balaban J connectivity index is 0.00000450. The first kappa shape index (κ1) is 25.3. The fourth-order valence-electron chi connectivity index (χ4n) is 2.61. The smallest absolute Gasteiger partial charge is 0.550 e. The van der Waals surface area contributed by atoms with Gasteiger partial charge in [0.2, 0.25) is 0 Å². The molecule has 0 amide bonds. The minimum atomic E-state index is -1.55. The summed E-state index contributed by atoms with van der Waals surface area (Å²) in [4.78, 5) is 34.0. The van der Waals surface area contributed by atoms with Crippen LogP contribution in [0, 0.1) is 0 Å². The zero-order valence-electron chi connectivity index (χ0n) is 16.5. The molecule has 2 aromatic carbocycles. The van der Waals surface area contributed by atoms with Crippen LogP contribution in [0.25, 0.3) is 0 Å². The van der Waals surface area contributed by atoms with Gasteiger partial charge >= 0.3 is 29.6 Å². The number of phenols is 3. The van der Waals surface area contributed by atoms with E-state index in [4.69, 9.17) is 9.47 Å². The van der Waals surface area contributed by atoms with Crippen molar-refractivity contribution in [2.75, 3.05) is 13.7 Å². The second-order valence-corrected chi connectivity index (χ2v) is 6.14. The van der Waals surface area contributed by atoms with Crippen molar-refractivity contribution < 1.29 is 73.8 Å². The average Bonchev–Trinajstić information content (AvgIpc) is 2.63. The Hall–Kier alpha value is -2.75. The number of aryl methyl sites for hydroxylation is 1. The number of aromatic hydroxyl groups is 3. The summed E-state index contributed by atoms with van der Waals surface area (Å²) in [7, 11) is 1.41. The van der Waals surface area contributed by atoms with Gasteiger partial charge in [-0.15, -0.1) is 0 Å². The maximum Gasteiger partial charge on any atom is 1.00 e. The summed E-state index contributed by atoms with van der Waals surface area (Å²) in [5.74, 6) is -3.83. The van der Waals surface area contributed by atoms with Crippen LogP contribution < -0.4 is 44.1 Å². The number of carbonyl (C=O) groups is 3. The third-order valence-electron chi connectivity index (χ3n) is 3.97. The van der Waals surface area contributed by atoms with Gasteiger partial charge in [-0.25, -0.2) is 0 Å². The van der Waals surface area contributed by atoms with E-state index >= 15 is 0 Å². The number of methoxy groups -OCH3 is 1. The number of ether oxygens (including phenoxy) is 2. The molecule has 0 saturated carbocycles. The topological polar surface area (TPSA) is 153 Å². The largest absolute Gasteiger partial charge is 1.00 e. The van der Waals surface area contributed by atoms with Crippen molar-refractivity contribution in [3.63, 3.8) is 0 Å². The van der Waals surface area contributed by atoms with E-state index in [-0.39, 0.29) is 59.5 Å². The Bertz CT molecular complexity index is 917. The third kappa shape index (κ3) is 6.94. The summed E-state index contributed by atoms with van der Waals surface area (Å²) >= 11 is 0. The van der Waals surface area contributed by atoms with Crippen LogP contribution in [-0.2, 0) is 16.0 Å². The molecule has 30 heavy (non-hydrogen) atoms. The summed E-state index contributed by atoms with van der Waals surface area (Å²) in [5.41, 5.74) is 0.346. The van der Waals surface area contributed by atoms with E-state index in [0.717, 1.165) is 12.1 Å². The quantitative estimate of drug-likeness (QED) is 0.217. The minimum absolute atomic E-state index is 0. The second kappa shape index (κ2) is 11.4. The molecule has 0 spiro atoms. The van der Waals surface area contributed by atoms with Crippen molar-refractivity contribution >= 4 is 17.5 Å². The van der Waals surface area contributed by atoms with Crippen LogP contribution in [0.3, 0.4) is 0 Å². The summed E-state index contributed by atoms with van der Waals surface area (Å²) in [6.07, 6.45) is -0.641. The molecular weight excluding hydrogens is 407 g/mol. The van der Waals surface area contributed by atoms with E-state index in [1.807, 2.05) is 0 Å². The van der Waals surface area contributed by atoms with E-state index in [2.05, 4.69) is 0 Å². The number of ketones is 2. The van der Waals surface area contributed by atoms with Gasteiger partial charge in [0, 0.05) is 30.9 Å². The monoisotopic (exact) mass is 426 g/mol. The van der Waals surface area contributed by atoms with Crippen LogP contribution in [0.5, 0.6) is 28.7 Å². The normalized spacial score (nSPS) is 10.0. The van der Waals surface area contributed by atoms with Gasteiger partial charge in [0.25, 0.3) is 0 Å². The van der Waals surface area contributed by atoms with Crippen LogP contribution in [0.4, 0.5) is 0 Å². The fraction of sp³-hybridized carbons (Fsp3) is 0.250. The number of aliphatic carboxylic acids is 1. The number of carbonyl (C=O) groups excluding carboxylic acids is 3. The molecular formula is C20H19NaO9. The van der Waals surface area contributed by atoms with Crippen molar-refractivity contribution in [2.45, 2.75) is 19.3 Å². The number of hydrogen-bond donors (Lipinski definition) is 3. The zero-order valence-corrected chi connectivity index (χ0v) is 18.5. The molecule has 0 atom stereocenters. The van der Waals surface area contributed by atoms with Crippen molar-refractivity contribution in [3.8, 4) is 28.7 Å². The molecule has 2 rings (SSSR count). The van der Waals surface area contributed by atoms with Gasteiger partial charge in [-0.1, -0.05) is 6.07 Å². The zero-order chi connectivity index (χ0) is 21.6. The third-order valence-corrected chi connectivity index (χ3v) is 3.97. The second-order valence-electron chi connectivity index (χ2n) is 6.14. The number of phenolic OH excluding ortho intramolecular Hbond substituents is 3. The first-order valence-electron chi connectivity index (χ1n) is 8.50. The van der Waals surface area contributed by atoms with Crippen molar-refractivity contribution in [3.05, 3.63) is 41.5 Å². The van der Waals surface area contributed by atoms with Gasteiger partial charge < -0.3 is 34.7 Å². The average molecular weight is 426 g/mol. The molecule has 0 aliphatic rings. The number of hydrogen-bond acceptors (Lipinski definition) is 9. The molecule has 0 bridgehead atoms. The molecule has 0 aromatic heterocycles. The van der Waals surface area contributed by atoms with Crippen LogP contribution >= 0.6 is 0 Å². The molecule has 0 unspecified atom stereocenters. The summed E-state index contributed by atoms with van der Waals surface area (Å²) in [6, 6.07) is 6.76. The molecule has 3 N–H and O–H groups in total. The van der Waals surface area contributed by atoms with E-state index < -0.39 is 42.1 Å². The molecule has 10 heteroatoms. The van der Waals surface area contributed by atoms with E-state index in [0.29, 0.717) is 11.3 Å². The Morgan fingerprint density at radius 3 is 2.17 bits per heavy atom. The maximum absolute atomic E-state index is 12.4. The van der Waals surface area contributed by atoms with Crippen LogP contribution in [0.2, 0.25) is 0 Å². The number of benzene rings is 2. The Labute approximate surface area is 194 Å². The number of Topliss-reactive ketones (excluding diaryl/α,β-unsaturated/α-hetero) is 2. The molecule has 0 heterocycles. The summed E-state index contributed by atoms with van der Waals surface area (Å²) in [6.45, 7) is -0.596. The van der Waals surface area contributed by atoms with Crippen LogP contribution in [-0.4, -0.2) is 46.6 Å². The predicted octanol–water partition coefficient (Wildman–Crippen LogP) is -2.28. The van der Waals surface area contributed by atoms with E-state index in [9.17, 15) is 34.8 Å². The summed E-state index contributed by atoms with van der Waals surface area (Å²) < 4.78 is 9.96. The van der Waals surface area contributed by atoms with Gasteiger partial charge in [-0.2, -0.15) is 0 Å². The first-order chi connectivity index (χ1) is 13.7. The molecule has 9 nitrogen and oxygen atoms in total. The van der Waals surface area contributed by atoms with Gasteiger partial charge in [-0.3, -0.25) is 9.59 Å². The van der Waals surface area contributed by atoms with Crippen LogP contribution in [0.15, 0.2) is 30.3 Å². The Kier molecular flexibility index (Phi) is 9.64. The van der Waals surface area contributed by atoms with Gasteiger partial charge in [-0.05, 0) is 24.1 Å². The number of carboxylic acid groups (broad SMARTS) is 1. The fourth-order valence-corrected chi connectivity index (χ4v) is 2.61. The number of rotatable bonds is 10. The van der Waals surface area contributed by atoms with Crippen molar-refractivity contribution in [1.29, 1.82) is 0 Å². The molecule has 2 aromatic rings. The molecule has 0 aliphatic heterocycles. The van der Waals surface area contributed by atoms with Gasteiger partial charge in [0.05, 0.1) is 7.11 Å². The van der Waals surface area contributed by atoms with Crippen molar-refractivity contribution in [2.24, 2.45) is 0 Å². The molecule has 0 radical (unpaired) electrons. The van der Waals surface area contributed by atoms with Crippen molar-refractivity contribution in [1.82, 2.24) is 0 Å². The molecule has 0 aliphatic carbocycles. The maximum atomic E-state index is 12.4. The predicted molar refractivity (Wildman–Crippen MR) is 97.2 cm³/mol. The van der Waals surface area contributed by atoms with Gasteiger partial charge in [0.1, 0.15) is 29.4 Å². The number of carboxylic acids is 1. The summed E-state index contributed by atoms with van der Waals surface area (Å²) in [5, 5.41) is 40.2. The first-order valence-corrected chi connectivity index (χ1v) is 8.50. The molecule has 0 saturated heterocycles. The Morgan fingerprint density at radius 1 is 1.00 bits per heavy atom.